The molecule has 5 heteroatoms. The molecule has 0 bridgehead atoms. The van der Waals surface area contributed by atoms with Gasteiger partial charge in [-0.2, -0.15) is 0 Å². The number of rotatable bonds is 8. The fourth-order valence-corrected chi connectivity index (χ4v) is 2.14. The van der Waals surface area contributed by atoms with Crippen LogP contribution >= 0.6 is 0 Å². The molecule has 0 saturated heterocycles. The molecule has 0 spiro atoms. The average molecular weight is 312 g/mol. The fraction of sp³-hybridized carbons (Fsp3) is 0.333. The molecule has 2 N–H and O–H groups in total. The summed E-state index contributed by atoms with van der Waals surface area (Å²) < 4.78 is 0. The summed E-state index contributed by atoms with van der Waals surface area (Å²) in [6, 6.07) is 14.0. The van der Waals surface area contributed by atoms with Gasteiger partial charge < -0.3 is 15.5 Å². The van der Waals surface area contributed by atoms with Crippen molar-refractivity contribution < 1.29 is 4.79 Å². The first kappa shape index (κ1) is 17.0. The van der Waals surface area contributed by atoms with Crippen molar-refractivity contribution in [3.63, 3.8) is 0 Å². The molecular formula is C18H24N4O. The van der Waals surface area contributed by atoms with Gasteiger partial charge in [0.25, 0.3) is 5.91 Å². The molecule has 2 aromatic rings. The van der Waals surface area contributed by atoms with Crippen molar-refractivity contribution in [1.29, 1.82) is 0 Å². The number of pyridine rings is 1. The highest BCUT2D eigenvalue weighted by molar-refractivity contribution is 5.93. The Morgan fingerprint density at radius 3 is 2.65 bits per heavy atom. The van der Waals surface area contributed by atoms with E-state index in [0.29, 0.717) is 12.2 Å². The first-order valence-electron chi connectivity index (χ1n) is 7.82. The molecule has 0 radical (unpaired) electrons. The highest BCUT2D eigenvalue weighted by atomic mass is 16.1. The molecule has 0 aliphatic rings. The van der Waals surface area contributed by atoms with Crippen LogP contribution in [0.25, 0.3) is 0 Å². The van der Waals surface area contributed by atoms with E-state index in [-0.39, 0.29) is 5.91 Å². The normalized spacial score (nSPS) is 10.6. The number of aromatic nitrogens is 1. The highest BCUT2D eigenvalue weighted by Crippen LogP contribution is 2.08. The van der Waals surface area contributed by atoms with Gasteiger partial charge in [0.15, 0.2) is 0 Å². The molecular weight excluding hydrogens is 288 g/mol. The Balaban J connectivity index is 1.83. The predicted molar refractivity (Wildman–Crippen MR) is 93.8 cm³/mol. The number of benzene rings is 1. The highest BCUT2D eigenvalue weighted by Gasteiger charge is 2.07. The van der Waals surface area contributed by atoms with Gasteiger partial charge >= 0.3 is 0 Å². The number of anilines is 1. The van der Waals surface area contributed by atoms with E-state index in [1.54, 1.807) is 12.3 Å². The summed E-state index contributed by atoms with van der Waals surface area (Å²) in [6.07, 6.45) is 2.60. The Bertz CT molecular complexity index is 613. The lowest BCUT2D eigenvalue weighted by Gasteiger charge is -2.11. The zero-order chi connectivity index (χ0) is 16.5. The molecule has 0 saturated carbocycles. The number of nitrogens with one attached hydrogen (secondary N) is 2. The van der Waals surface area contributed by atoms with Crippen LogP contribution in [0.4, 0.5) is 5.69 Å². The van der Waals surface area contributed by atoms with E-state index < -0.39 is 0 Å². The molecule has 1 amide bonds. The molecule has 0 fully saturated rings. The molecule has 1 heterocycles. The predicted octanol–water partition coefficient (Wildman–Crippen LogP) is 2.03. The molecule has 0 unspecified atom stereocenters. The van der Waals surface area contributed by atoms with Gasteiger partial charge in [0, 0.05) is 31.5 Å². The molecule has 0 atom stereocenters. The van der Waals surface area contributed by atoms with Gasteiger partial charge in [0.1, 0.15) is 5.69 Å². The molecule has 23 heavy (non-hydrogen) atoms. The number of likely N-dealkylation sites (N-methyl/N-ethyl adjacent to an activating group) is 1. The van der Waals surface area contributed by atoms with E-state index in [1.165, 1.54) is 5.56 Å². The summed E-state index contributed by atoms with van der Waals surface area (Å²) in [4.78, 5) is 18.2. The third kappa shape index (κ3) is 6.08. The average Bonchev–Trinajstić information content (AvgIpc) is 2.56. The Kier molecular flexibility index (Phi) is 6.56. The SMILES string of the molecule is CN(C)CCNC(=O)c1cc(NCCc2ccccc2)ccn1. The number of hydrogen-bond donors (Lipinski definition) is 2. The van der Waals surface area contributed by atoms with Crippen molar-refractivity contribution in [2.75, 3.05) is 39.0 Å². The van der Waals surface area contributed by atoms with Crippen LogP contribution < -0.4 is 10.6 Å². The molecule has 0 aliphatic carbocycles. The van der Waals surface area contributed by atoms with Crippen molar-refractivity contribution in [3.05, 3.63) is 59.9 Å². The lowest BCUT2D eigenvalue weighted by atomic mass is 10.1. The maximum atomic E-state index is 12.1. The topological polar surface area (TPSA) is 57.3 Å². The number of hydrogen-bond acceptors (Lipinski definition) is 4. The minimum Gasteiger partial charge on any atom is -0.385 e. The Hall–Kier alpha value is -2.40. The quantitative estimate of drug-likeness (QED) is 0.783. The first-order valence-corrected chi connectivity index (χ1v) is 7.82. The summed E-state index contributed by atoms with van der Waals surface area (Å²) in [5, 5.41) is 6.20. The largest absolute Gasteiger partial charge is 0.385 e. The second-order valence-electron chi connectivity index (χ2n) is 5.65. The second-order valence-corrected chi connectivity index (χ2v) is 5.65. The zero-order valence-corrected chi connectivity index (χ0v) is 13.7. The maximum Gasteiger partial charge on any atom is 0.269 e. The lowest BCUT2D eigenvalue weighted by Crippen LogP contribution is -2.31. The van der Waals surface area contributed by atoms with Crippen molar-refractivity contribution in [2.45, 2.75) is 6.42 Å². The van der Waals surface area contributed by atoms with Gasteiger partial charge in [-0.3, -0.25) is 9.78 Å². The van der Waals surface area contributed by atoms with Crippen molar-refractivity contribution >= 4 is 11.6 Å². The van der Waals surface area contributed by atoms with E-state index in [1.807, 2.05) is 43.3 Å². The smallest absolute Gasteiger partial charge is 0.269 e. The van der Waals surface area contributed by atoms with E-state index in [0.717, 1.165) is 25.2 Å². The van der Waals surface area contributed by atoms with Gasteiger partial charge in [0.2, 0.25) is 0 Å². The zero-order valence-electron chi connectivity index (χ0n) is 13.7. The van der Waals surface area contributed by atoms with Gasteiger partial charge in [0.05, 0.1) is 0 Å². The number of nitrogens with zero attached hydrogens (tertiary/aromatic N) is 2. The van der Waals surface area contributed by atoms with Crippen molar-refractivity contribution in [2.24, 2.45) is 0 Å². The summed E-state index contributed by atoms with van der Waals surface area (Å²) >= 11 is 0. The van der Waals surface area contributed by atoms with Crippen LogP contribution in [0.15, 0.2) is 48.7 Å². The molecule has 122 valence electrons. The Morgan fingerprint density at radius 1 is 1.13 bits per heavy atom. The number of carbonyl (C=O) groups is 1. The molecule has 2 rings (SSSR count). The summed E-state index contributed by atoms with van der Waals surface area (Å²) in [6.45, 7) is 2.23. The Labute approximate surface area is 137 Å². The van der Waals surface area contributed by atoms with Crippen LogP contribution in [0.3, 0.4) is 0 Å². The van der Waals surface area contributed by atoms with Crippen LogP contribution in [0, 0.1) is 0 Å². The fourth-order valence-electron chi connectivity index (χ4n) is 2.14. The van der Waals surface area contributed by atoms with E-state index in [4.69, 9.17) is 0 Å². The van der Waals surface area contributed by atoms with Crippen LogP contribution in [0.2, 0.25) is 0 Å². The maximum absolute atomic E-state index is 12.1. The number of carbonyl (C=O) groups excluding carboxylic acids is 1. The third-order valence-electron chi connectivity index (χ3n) is 3.42. The third-order valence-corrected chi connectivity index (χ3v) is 3.42. The molecule has 5 nitrogen and oxygen atoms in total. The summed E-state index contributed by atoms with van der Waals surface area (Å²) in [5.41, 5.74) is 2.64. The van der Waals surface area contributed by atoms with E-state index in [2.05, 4.69) is 27.8 Å². The van der Waals surface area contributed by atoms with Crippen molar-refractivity contribution in [1.82, 2.24) is 15.2 Å². The van der Waals surface area contributed by atoms with Gasteiger partial charge in [-0.05, 0) is 38.2 Å². The van der Waals surface area contributed by atoms with E-state index in [9.17, 15) is 4.79 Å². The molecule has 1 aromatic carbocycles. The van der Waals surface area contributed by atoms with E-state index >= 15 is 0 Å². The first-order chi connectivity index (χ1) is 11.1. The summed E-state index contributed by atoms with van der Waals surface area (Å²) in [5.74, 6) is -0.140. The van der Waals surface area contributed by atoms with Crippen LogP contribution in [-0.2, 0) is 6.42 Å². The number of amides is 1. The molecule has 0 aliphatic heterocycles. The van der Waals surface area contributed by atoms with Gasteiger partial charge in [-0.1, -0.05) is 30.3 Å². The summed E-state index contributed by atoms with van der Waals surface area (Å²) in [7, 11) is 3.95. The second kappa shape index (κ2) is 8.90. The van der Waals surface area contributed by atoms with Gasteiger partial charge in [-0.25, -0.2) is 0 Å². The van der Waals surface area contributed by atoms with Gasteiger partial charge in [-0.15, -0.1) is 0 Å². The molecule has 1 aromatic heterocycles. The van der Waals surface area contributed by atoms with Crippen LogP contribution in [0.1, 0.15) is 16.1 Å². The lowest BCUT2D eigenvalue weighted by molar-refractivity contribution is 0.0946. The minimum atomic E-state index is -0.140. The monoisotopic (exact) mass is 312 g/mol. The van der Waals surface area contributed by atoms with Crippen molar-refractivity contribution in [3.8, 4) is 0 Å². The minimum absolute atomic E-state index is 0.140. The Morgan fingerprint density at radius 2 is 1.91 bits per heavy atom. The standard InChI is InChI=1S/C18H24N4O/c1-22(2)13-12-21-18(23)17-14-16(9-11-20-17)19-10-8-15-6-4-3-5-7-15/h3-7,9,11,14H,8,10,12-13H2,1-2H3,(H,19,20)(H,21,23). The van der Waals surface area contributed by atoms with Crippen LogP contribution in [0.5, 0.6) is 0 Å². The van der Waals surface area contributed by atoms with Crippen LogP contribution in [-0.4, -0.2) is 49.5 Å².